The fourth-order valence-corrected chi connectivity index (χ4v) is 3.90. The Labute approximate surface area is 161 Å². The van der Waals surface area contributed by atoms with E-state index >= 15 is 0 Å². The van der Waals surface area contributed by atoms with Crippen LogP contribution in [0.15, 0.2) is 54.9 Å². The monoisotopic (exact) mass is 380 g/mol. The number of anilines is 1. The van der Waals surface area contributed by atoms with E-state index in [1.165, 1.54) is 0 Å². The molecule has 0 saturated heterocycles. The molecule has 0 amide bonds. The molecule has 27 heavy (non-hydrogen) atoms. The second-order valence-electron chi connectivity index (χ2n) is 6.11. The highest BCUT2D eigenvalue weighted by atomic mass is 32.1. The molecule has 0 fully saturated rings. The number of thiazole rings is 1. The van der Waals surface area contributed by atoms with E-state index in [9.17, 15) is 0 Å². The number of nitrogens with one attached hydrogen (secondary N) is 1. The Kier molecular flexibility index (Phi) is 4.68. The van der Waals surface area contributed by atoms with Crippen molar-refractivity contribution in [2.45, 2.75) is 6.04 Å². The zero-order valence-electron chi connectivity index (χ0n) is 15.3. The van der Waals surface area contributed by atoms with Crippen LogP contribution in [0.2, 0.25) is 0 Å². The Morgan fingerprint density at radius 1 is 1.07 bits per heavy atom. The van der Waals surface area contributed by atoms with Gasteiger partial charge in [-0.1, -0.05) is 23.5 Å². The van der Waals surface area contributed by atoms with Gasteiger partial charge in [-0.15, -0.1) is 0 Å². The topological polar surface area (TPSA) is 61.2 Å². The molecule has 1 atom stereocenters. The van der Waals surface area contributed by atoms with Gasteiger partial charge in [0, 0.05) is 25.5 Å². The van der Waals surface area contributed by atoms with Crippen LogP contribution in [0.25, 0.3) is 10.2 Å². The van der Waals surface area contributed by atoms with Crippen LogP contribution < -0.4 is 14.8 Å². The number of benzene rings is 2. The molecule has 0 saturated carbocycles. The zero-order chi connectivity index (χ0) is 18.8. The number of fused-ring (bicyclic) bond motifs is 1. The quantitative estimate of drug-likeness (QED) is 0.542. The molecule has 1 N–H and O–H groups in total. The summed E-state index contributed by atoms with van der Waals surface area (Å²) in [5.74, 6) is 2.34. The van der Waals surface area contributed by atoms with Gasteiger partial charge in [0.15, 0.2) is 5.13 Å². The Balaban J connectivity index is 1.79. The van der Waals surface area contributed by atoms with E-state index < -0.39 is 0 Å². The number of rotatable bonds is 6. The van der Waals surface area contributed by atoms with Crippen molar-refractivity contribution in [1.82, 2.24) is 14.5 Å². The molecule has 0 spiro atoms. The first kappa shape index (κ1) is 17.4. The van der Waals surface area contributed by atoms with Crippen molar-refractivity contribution in [1.29, 1.82) is 0 Å². The van der Waals surface area contributed by atoms with Gasteiger partial charge in [0.1, 0.15) is 23.4 Å². The Morgan fingerprint density at radius 2 is 1.81 bits per heavy atom. The molecule has 4 rings (SSSR count). The van der Waals surface area contributed by atoms with Crippen molar-refractivity contribution in [2.24, 2.45) is 7.05 Å². The molecule has 7 heteroatoms. The fraction of sp³-hybridized carbons (Fsp3) is 0.200. The zero-order valence-corrected chi connectivity index (χ0v) is 16.2. The molecule has 2 aromatic carbocycles. The molecule has 0 aliphatic rings. The molecule has 4 aromatic rings. The van der Waals surface area contributed by atoms with Gasteiger partial charge in [-0.05, 0) is 29.8 Å². The summed E-state index contributed by atoms with van der Waals surface area (Å²) in [6.07, 6.45) is 3.72. The lowest BCUT2D eigenvalue weighted by atomic mass is 10.1. The molecule has 0 bridgehead atoms. The van der Waals surface area contributed by atoms with Crippen molar-refractivity contribution in [2.75, 3.05) is 19.5 Å². The van der Waals surface area contributed by atoms with Crippen LogP contribution in [0.5, 0.6) is 11.5 Å². The summed E-state index contributed by atoms with van der Waals surface area (Å²) in [5, 5.41) is 4.38. The first-order valence-electron chi connectivity index (χ1n) is 8.50. The maximum absolute atomic E-state index is 5.45. The summed E-state index contributed by atoms with van der Waals surface area (Å²) >= 11 is 1.62. The molecular weight excluding hydrogens is 360 g/mol. The third-order valence-corrected chi connectivity index (χ3v) is 5.35. The molecule has 0 unspecified atom stereocenters. The highest BCUT2D eigenvalue weighted by molar-refractivity contribution is 7.22. The number of imidazole rings is 1. The molecule has 0 aliphatic carbocycles. The lowest BCUT2D eigenvalue weighted by molar-refractivity contribution is 0.393. The van der Waals surface area contributed by atoms with Crippen LogP contribution in [0.3, 0.4) is 0 Å². The van der Waals surface area contributed by atoms with Gasteiger partial charge in [0.25, 0.3) is 0 Å². The SMILES string of the molecule is COc1cc(OC)cc([C@@H](Nc2nc3ccccc3s2)c2nccn2C)c1. The first-order chi connectivity index (χ1) is 13.2. The van der Waals surface area contributed by atoms with Gasteiger partial charge >= 0.3 is 0 Å². The minimum atomic E-state index is -0.199. The van der Waals surface area contributed by atoms with Crippen molar-refractivity contribution < 1.29 is 9.47 Å². The van der Waals surface area contributed by atoms with E-state index in [0.717, 1.165) is 38.2 Å². The Bertz CT molecular complexity index is 1020. The van der Waals surface area contributed by atoms with E-state index in [0.29, 0.717) is 0 Å². The number of aryl methyl sites for hydroxylation is 1. The number of hydrogen-bond acceptors (Lipinski definition) is 6. The average molecular weight is 380 g/mol. The molecule has 6 nitrogen and oxygen atoms in total. The number of nitrogens with zero attached hydrogens (tertiary/aromatic N) is 3. The number of para-hydroxylation sites is 1. The van der Waals surface area contributed by atoms with Gasteiger partial charge in [0.2, 0.25) is 0 Å². The average Bonchev–Trinajstić information content (AvgIpc) is 3.30. The Hall–Kier alpha value is -3.06. The van der Waals surface area contributed by atoms with Crippen LogP contribution in [0.4, 0.5) is 5.13 Å². The highest BCUT2D eigenvalue weighted by Gasteiger charge is 2.21. The van der Waals surface area contributed by atoms with Crippen LogP contribution in [0, 0.1) is 0 Å². The van der Waals surface area contributed by atoms with Crippen molar-refractivity contribution in [3.8, 4) is 11.5 Å². The Morgan fingerprint density at radius 3 is 2.44 bits per heavy atom. The molecule has 138 valence electrons. The standard InChI is InChI=1S/C20H20N4O2S/c1-24-9-8-21-19(24)18(13-10-14(25-2)12-15(11-13)26-3)23-20-22-16-6-4-5-7-17(16)27-20/h4-12,18H,1-3H3,(H,22,23)/t18-/m1/s1. The molecule has 2 heterocycles. The summed E-state index contributed by atoms with van der Waals surface area (Å²) < 4.78 is 14.0. The molecule has 0 aliphatic heterocycles. The van der Waals surface area contributed by atoms with Gasteiger partial charge in [0.05, 0.1) is 24.4 Å². The maximum atomic E-state index is 5.45. The van der Waals surface area contributed by atoms with Crippen LogP contribution >= 0.6 is 11.3 Å². The summed E-state index contributed by atoms with van der Waals surface area (Å²) in [5.41, 5.74) is 1.96. The predicted molar refractivity (Wildman–Crippen MR) is 108 cm³/mol. The minimum Gasteiger partial charge on any atom is -0.497 e. The van der Waals surface area contributed by atoms with Crippen molar-refractivity contribution in [3.63, 3.8) is 0 Å². The minimum absolute atomic E-state index is 0.199. The lowest BCUT2D eigenvalue weighted by Crippen LogP contribution is -2.17. The number of aromatic nitrogens is 3. The van der Waals surface area contributed by atoms with E-state index in [-0.39, 0.29) is 6.04 Å². The van der Waals surface area contributed by atoms with E-state index in [4.69, 9.17) is 14.5 Å². The van der Waals surface area contributed by atoms with Gasteiger partial charge in [-0.25, -0.2) is 9.97 Å². The van der Waals surface area contributed by atoms with Crippen molar-refractivity contribution >= 4 is 26.7 Å². The van der Waals surface area contributed by atoms with E-state index in [2.05, 4.69) is 16.4 Å². The van der Waals surface area contributed by atoms with E-state index in [1.807, 2.05) is 54.2 Å². The highest BCUT2D eigenvalue weighted by Crippen LogP contribution is 2.34. The maximum Gasteiger partial charge on any atom is 0.184 e. The molecule has 0 radical (unpaired) electrons. The van der Waals surface area contributed by atoms with Gasteiger partial charge in [-0.3, -0.25) is 0 Å². The van der Waals surface area contributed by atoms with Crippen LogP contribution in [0.1, 0.15) is 17.4 Å². The summed E-state index contributed by atoms with van der Waals surface area (Å²) in [4.78, 5) is 9.26. The fourth-order valence-electron chi connectivity index (χ4n) is 3.01. The summed E-state index contributed by atoms with van der Waals surface area (Å²) in [6, 6.07) is 13.7. The van der Waals surface area contributed by atoms with Crippen molar-refractivity contribution in [3.05, 3.63) is 66.2 Å². The first-order valence-corrected chi connectivity index (χ1v) is 9.32. The second-order valence-corrected chi connectivity index (χ2v) is 7.14. The van der Waals surface area contributed by atoms with E-state index in [1.54, 1.807) is 31.8 Å². The number of ether oxygens (including phenoxy) is 2. The van der Waals surface area contributed by atoms with Gasteiger partial charge in [-0.2, -0.15) is 0 Å². The predicted octanol–water partition coefficient (Wildman–Crippen LogP) is 4.25. The third kappa shape index (κ3) is 3.46. The second kappa shape index (κ2) is 7.28. The number of methoxy groups -OCH3 is 2. The molecule has 2 aromatic heterocycles. The lowest BCUT2D eigenvalue weighted by Gasteiger charge is -2.20. The largest absolute Gasteiger partial charge is 0.497 e. The van der Waals surface area contributed by atoms with Crippen LogP contribution in [-0.4, -0.2) is 28.8 Å². The van der Waals surface area contributed by atoms with Crippen LogP contribution in [-0.2, 0) is 7.05 Å². The molecular formula is C20H20N4O2S. The normalized spacial score (nSPS) is 12.1. The van der Waals surface area contributed by atoms with Gasteiger partial charge < -0.3 is 19.4 Å². The summed E-state index contributed by atoms with van der Waals surface area (Å²) in [7, 11) is 5.28. The third-order valence-electron chi connectivity index (χ3n) is 4.39. The number of hydrogen-bond donors (Lipinski definition) is 1. The smallest absolute Gasteiger partial charge is 0.184 e. The summed E-state index contributed by atoms with van der Waals surface area (Å²) in [6.45, 7) is 0.